The van der Waals surface area contributed by atoms with E-state index in [1.807, 2.05) is 0 Å². The number of rotatable bonds is 7. The number of hydrogen-bond donors (Lipinski definition) is 1. The minimum Gasteiger partial charge on any atom is -0.456 e. The Balaban J connectivity index is 1.39. The van der Waals surface area contributed by atoms with Gasteiger partial charge in [-0.05, 0) is 80.8 Å². The average Bonchev–Trinajstić information content (AvgIpc) is 3.37. The first-order chi connectivity index (χ1) is 18.7. The summed E-state index contributed by atoms with van der Waals surface area (Å²) in [5.74, 6) is 1.30. The van der Waals surface area contributed by atoms with E-state index in [9.17, 15) is 13.2 Å². The molecule has 1 aliphatic heterocycles. The van der Waals surface area contributed by atoms with E-state index in [0.29, 0.717) is 46.2 Å². The van der Waals surface area contributed by atoms with Gasteiger partial charge in [-0.25, -0.2) is 8.42 Å². The Morgan fingerprint density at radius 1 is 1.08 bits per heavy atom. The number of carbonyl (C=O) groups is 1. The summed E-state index contributed by atoms with van der Waals surface area (Å²) in [6.45, 7) is 2.16. The van der Waals surface area contributed by atoms with E-state index in [1.54, 1.807) is 36.1 Å². The van der Waals surface area contributed by atoms with Crippen LogP contribution in [0.15, 0.2) is 76.1 Å². The van der Waals surface area contributed by atoms with Crippen LogP contribution in [0.4, 0.5) is 5.69 Å². The molecule has 0 unspecified atom stereocenters. The van der Waals surface area contributed by atoms with Gasteiger partial charge in [-0.1, -0.05) is 40.5 Å². The number of para-hydroxylation sites is 1. The fourth-order valence-corrected chi connectivity index (χ4v) is 5.79. The maximum atomic E-state index is 13.7. The van der Waals surface area contributed by atoms with E-state index in [2.05, 4.69) is 14.9 Å². The zero-order valence-electron chi connectivity index (χ0n) is 20.8. The topological polar surface area (TPSA) is 115 Å². The number of aryl methyl sites for hydroxylation is 1. The summed E-state index contributed by atoms with van der Waals surface area (Å²) in [7, 11) is -4.06. The second-order valence-electron chi connectivity index (χ2n) is 8.99. The number of benzene rings is 3. The number of anilines is 1. The van der Waals surface area contributed by atoms with Crippen molar-refractivity contribution in [3.8, 4) is 11.5 Å². The maximum absolute atomic E-state index is 13.7. The maximum Gasteiger partial charge on any atom is 0.261 e. The van der Waals surface area contributed by atoms with Crippen LogP contribution in [0.3, 0.4) is 0 Å². The van der Waals surface area contributed by atoms with E-state index >= 15 is 0 Å². The van der Waals surface area contributed by atoms with Crippen molar-refractivity contribution in [2.75, 3.05) is 11.3 Å². The van der Waals surface area contributed by atoms with Crippen LogP contribution in [0.5, 0.6) is 11.5 Å². The van der Waals surface area contributed by atoms with Crippen LogP contribution in [0, 0.1) is 6.92 Å². The van der Waals surface area contributed by atoms with Gasteiger partial charge in [-0.15, -0.1) is 0 Å². The van der Waals surface area contributed by atoms with Gasteiger partial charge < -0.3 is 14.2 Å². The minimum absolute atomic E-state index is 0.0143. The summed E-state index contributed by atoms with van der Waals surface area (Å²) >= 11 is 12.4. The van der Waals surface area contributed by atoms with Gasteiger partial charge in [0.05, 0.1) is 21.2 Å². The molecule has 1 saturated heterocycles. The predicted octanol–water partition coefficient (Wildman–Crippen LogP) is 6.65. The fraction of sp³-hybridized carbons (Fsp3) is 0.222. The number of likely N-dealkylation sites (tertiary alicyclic amines) is 1. The van der Waals surface area contributed by atoms with Crippen molar-refractivity contribution in [2.45, 2.75) is 37.1 Å². The van der Waals surface area contributed by atoms with Crippen molar-refractivity contribution in [3.05, 3.63) is 94.1 Å². The number of hydrogen-bond acceptors (Lipinski definition) is 7. The van der Waals surface area contributed by atoms with Gasteiger partial charge >= 0.3 is 0 Å². The Bertz CT molecular complexity index is 1610. The van der Waals surface area contributed by atoms with Crippen molar-refractivity contribution < 1.29 is 22.5 Å². The number of carbonyl (C=O) groups excluding carboxylic acids is 1. The highest BCUT2D eigenvalue weighted by Gasteiger charge is 2.34. The zero-order valence-corrected chi connectivity index (χ0v) is 23.1. The first kappa shape index (κ1) is 27.0. The predicted molar refractivity (Wildman–Crippen MR) is 147 cm³/mol. The third-order valence-electron chi connectivity index (χ3n) is 6.25. The second-order valence-corrected chi connectivity index (χ2v) is 11.5. The number of ether oxygens (including phenoxy) is 1. The Labute approximate surface area is 235 Å². The second kappa shape index (κ2) is 11.3. The van der Waals surface area contributed by atoms with Crippen molar-refractivity contribution in [2.24, 2.45) is 0 Å². The van der Waals surface area contributed by atoms with E-state index in [-0.39, 0.29) is 22.1 Å². The van der Waals surface area contributed by atoms with Gasteiger partial charge in [0, 0.05) is 11.6 Å². The SMILES string of the molecule is Cc1noc([C@@H]2CCCCN2C(=O)c2cc(Cl)ccc2NS(=O)(=O)c2ccc(Oc3ccccc3Cl)cc2)n1. The van der Waals surface area contributed by atoms with Crippen molar-refractivity contribution in [1.82, 2.24) is 15.0 Å². The lowest BCUT2D eigenvalue weighted by atomic mass is 10.00. The lowest BCUT2D eigenvalue weighted by Gasteiger charge is -2.34. The van der Waals surface area contributed by atoms with Gasteiger partial charge in [0.1, 0.15) is 17.5 Å². The monoisotopic (exact) mass is 586 g/mol. The minimum atomic E-state index is -4.06. The van der Waals surface area contributed by atoms with Crippen LogP contribution in [0.2, 0.25) is 10.0 Å². The van der Waals surface area contributed by atoms with E-state index in [4.69, 9.17) is 32.5 Å². The zero-order chi connectivity index (χ0) is 27.6. The van der Waals surface area contributed by atoms with E-state index in [0.717, 1.165) is 12.8 Å². The Hall–Kier alpha value is -3.60. The highest BCUT2D eigenvalue weighted by molar-refractivity contribution is 7.92. The van der Waals surface area contributed by atoms with Crippen molar-refractivity contribution in [1.29, 1.82) is 0 Å². The molecular formula is C27H24Cl2N4O5S. The number of nitrogens with zero attached hydrogens (tertiary/aromatic N) is 3. The van der Waals surface area contributed by atoms with Crippen molar-refractivity contribution in [3.63, 3.8) is 0 Å². The molecule has 1 N–H and O–H groups in total. The average molecular weight is 587 g/mol. The molecule has 0 bridgehead atoms. The molecule has 1 amide bonds. The summed E-state index contributed by atoms with van der Waals surface area (Å²) in [5.41, 5.74) is 0.222. The van der Waals surface area contributed by atoms with Crippen LogP contribution in [-0.2, 0) is 10.0 Å². The van der Waals surface area contributed by atoms with Crippen LogP contribution in [0.1, 0.15) is 47.4 Å². The number of sulfonamides is 1. The van der Waals surface area contributed by atoms with Gasteiger partial charge in [0.15, 0.2) is 5.82 Å². The van der Waals surface area contributed by atoms with Gasteiger partial charge in [-0.3, -0.25) is 9.52 Å². The van der Waals surface area contributed by atoms with Gasteiger partial charge in [-0.2, -0.15) is 4.98 Å². The molecule has 1 fully saturated rings. The standard InChI is InChI=1S/C27H24Cl2N4O5S/c1-17-30-26(38-31-17)24-7-4-5-15-33(24)27(34)21-16-18(28)9-14-23(21)32-39(35,36)20-12-10-19(11-13-20)37-25-8-3-2-6-22(25)29/h2-3,6,8-14,16,24,32H,4-5,7,15H2,1H3/t24-/m0/s1. The first-order valence-electron chi connectivity index (χ1n) is 12.2. The smallest absolute Gasteiger partial charge is 0.261 e. The van der Waals surface area contributed by atoms with Crippen LogP contribution in [0.25, 0.3) is 0 Å². The molecule has 0 aliphatic carbocycles. The Morgan fingerprint density at radius 2 is 1.85 bits per heavy atom. The molecule has 1 atom stereocenters. The molecule has 9 nitrogen and oxygen atoms in total. The van der Waals surface area contributed by atoms with E-state index < -0.39 is 16.1 Å². The molecule has 0 spiro atoms. The highest BCUT2D eigenvalue weighted by Crippen LogP contribution is 2.34. The highest BCUT2D eigenvalue weighted by atomic mass is 35.5. The molecule has 0 saturated carbocycles. The van der Waals surface area contributed by atoms with Gasteiger partial charge in [0.25, 0.3) is 15.9 Å². The van der Waals surface area contributed by atoms with Crippen LogP contribution < -0.4 is 9.46 Å². The summed E-state index contributed by atoms with van der Waals surface area (Å²) in [6.07, 6.45) is 2.33. The molecule has 3 aromatic carbocycles. The largest absolute Gasteiger partial charge is 0.456 e. The molecule has 1 aromatic heterocycles. The van der Waals surface area contributed by atoms with Crippen molar-refractivity contribution >= 4 is 44.8 Å². The molecule has 5 rings (SSSR count). The number of halogens is 2. The summed E-state index contributed by atoms with van der Waals surface area (Å²) in [4.78, 5) is 19.7. The number of amides is 1. The molecule has 39 heavy (non-hydrogen) atoms. The molecule has 0 radical (unpaired) electrons. The van der Waals surface area contributed by atoms with Crippen LogP contribution in [-0.4, -0.2) is 35.9 Å². The Kier molecular flexibility index (Phi) is 7.79. The molecule has 2 heterocycles. The van der Waals surface area contributed by atoms with Crippen LogP contribution >= 0.6 is 23.2 Å². The molecule has 202 valence electrons. The summed E-state index contributed by atoms with van der Waals surface area (Å²) in [6, 6.07) is 16.9. The Morgan fingerprint density at radius 3 is 2.56 bits per heavy atom. The molecule has 1 aliphatic rings. The number of piperidine rings is 1. The number of nitrogens with one attached hydrogen (secondary N) is 1. The third kappa shape index (κ3) is 6.03. The molecule has 12 heteroatoms. The summed E-state index contributed by atoms with van der Waals surface area (Å²) < 4.78 is 40.2. The third-order valence-corrected chi connectivity index (χ3v) is 8.18. The lowest BCUT2D eigenvalue weighted by Crippen LogP contribution is -2.39. The first-order valence-corrected chi connectivity index (χ1v) is 14.4. The normalized spacial score (nSPS) is 15.7. The molecular weight excluding hydrogens is 563 g/mol. The van der Waals surface area contributed by atoms with E-state index in [1.165, 1.54) is 42.5 Å². The number of aromatic nitrogens is 2. The van der Waals surface area contributed by atoms with Gasteiger partial charge in [0.2, 0.25) is 5.89 Å². The fourth-order valence-electron chi connectivity index (χ4n) is 4.36. The summed E-state index contributed by atoms with van der Waals surface area (Å²) in [5, 5.41) is 4.58. The molecule has 4 aromatic rings. The quantitative estimate of drug-likeness (QED) is 0.258. The lowest BCUT2D eigenvalue weighted by molar-refractivity contribution is 0.0562.